The molecule has 0 unspecified atom stereocenters. The second-order valence-electron chi connectivity index (χ2n) is 3.77. The van der Waals surface area contributed by atoms with Crippen LogP contribution in [0.15, 0.2) is 18.3 Å². The number of aliphatic hydroxyl groups is 1. The van der Waals surface area contributed by atoms with Crippen molar-refractivity contribution in [3.8, 4) is 0 Å². The summed E-state index contributed by atoms with van der Waals surface area (Å²) in [5.41, 5.74) is 0.157. The highest BCUT2D eigenvalue weighted by Crippen LogP contribution is 2.29. The van der Waals surface area contributed by atoms with Crippen LogP contribution in [0.25, 0.3) is 0 Å². The topological polar surface area (TPSA) is 42.4 Å². The molecule has 1 fully saturated rings. The van der Waals surface area contributed by atoms with Gasteiger partial charge in [-0.1, -0.05) is 0 Å². The van der Waals surface area contributed by atoms with Crippen LogP contribution in [-0.4, -0.2) is 23.3 Å². The highest BCUT2D eigenvalue weighted by molar-refractivity contribution is 5.10. The molecule has 0 bridgehead atoms. The molecule has 4 heteroatoms. The van der Waals surface area contributed by atoms with Crippen molar-refractivity contribution in [3.63, 3.8) is 0 Å². The molecule has 2 rings (SSSR count). The summed E-state index contributed by atoms with van der Waals surface area (Å²) < 4.78 is 18.5. The van der Waals surface area contributed by atoms with Crippen molar-refractivity contribution in [2.45, 2.75) is 18.9 Å². The van der Waals surface area contributed by atoms with E-state index in [4.69, 9.17) is 4.74 Å². The number of halogens is 1. The molecule has 0 aliphatic carbocycles. The first-order chi connectivity index (χ1) is 7.29. The lowest BCUT2D eigenvalue weighted by Crippen LogP contribution is -2.23. The molecule has 1 aromatic heterocycles. The van der Waals surface area contributed by atoms with E-state index >= 15 is 0 Å². The Kier molecular flexibility index (Phi) is 3.28. The van der Waals surface area contributed by atoms with E-state index in [0.717, 1.165) is 12.8 Å². The Labute approximate surface area is 87.9 Å². The first-order valence-electron chi connectivity index (χ1n) is 5.15. The summed E-state index contributed by atoms with van der Waals surface area (Å²) in [5.74, 6) is -0.375. The van der Waals surface area contributed by atoms with Gasteiger partial charge in [-0.2, -0.15) is 0 Å². The number of aromatic nitrogens is 1. The average molecular weight is 211 g/mol. The molecule has 1 saturated heterocycles. The quantitative estimate of drug-likeness (QED) is 0.809. The van der Waals surface area contributed by atoms with Gasteiger partial charge in [0.15, 0.2) is 0 Å². The molecule has 0 saturated carbocycles. The van der Waals surface area contributed by atoms with E-state index in [9.17, 15) is 9.50 Å². The van der Waals surface area contributed by atoms with Gasteiger partial charge >= 0.3 is 0 Å². The van der Waals surface area contributed by atoms with Gasteiger partial charge in [0, 0.05) is 19.4 Å². The molecule has 0 radical (unpaired) electrons. The molecule has 82 valence electrons. The third-order valence-electron chi connectivity index (χ3n) is 2.78. The molecule has 0 spiro atoms. The van der Waals surface area contributed by atoms with E-state index in [0.29, 0.717) is 13.2 Å². The van der Waals surface area contributed by atoms with Gasteiger partial charge in [-0.05, 0) is 30.9 Å². The van der Waals surface area contributed by atoms with Crippen molar-refractivity contribution in [2.75, 3.05) is 13.2 Å². The van der Waals surface area contributed by atoms with Crippen LogP contribution in [0, 0.1) is 11.7 Å². The lowest BCUT2D eigenvalue weighted by Gasteiger charge is -2.26. The minimum Gasteiger partial charge on any atom is -0.386 e. The Balaban J connectivity index is 2.12. The van der Waals surface area contributed by atoms with Crippen LogP contribution >= 0.6 is 0 Å². The van der Waals surface area contributed by atoms with E-state index in [1.54, 1.807) is 0 Å². The smallest absolute Gasteiger partial charge is 0.147 e. The summed E-state index contributed by atoms with van der Waals surface area (Å²) in [6, 6.07) is 2.85. The number of rotatable bonds is 2. The summed E-state index contributed by atoms with van der Waals surface area (Å²) in [7, 11) is 0. The van der Waals surface area contributed by atoms with Crippen LogP contribution in [0.5, 0.6) is 0 Å². The second kappa shape index (κ2) is 4.68. The fourth-order valence-electron chi connectivity index (χ4n) is 1.87. The SMILES string of the molecule is O[C@@H](c1ncccc1F)C1CCOCC1. The Morgan fingerprint density at radius 2 is 2.20 bits per heavy atom. The summed E-state index contributed by atoms with van der Waals surface area (Å²) in [6.07, 6.45) is 2.21. The van der Waals surface area contributed by atoms with Crippen LogP contribution in [0.3, 0.4) is 0 Å². The summed E-state index contributed by atoms with van der Waals surface area (Å²) in [5, 5.41) is 9.97. The maximum Gasteiger partial charge on any atom is 0.147 e. The van der Waals surface area contributed by atoms with E-state index in [-0.39, 0.29) is 11.6 Å². The van der Waals surface area contributed by atoms with E-state index < -0.39 is 11.9 Å². The van der Waals surface area contributed by atoms with E-state index in [1.807, 2.05) is 0 Å². The summed E-state index contributed by atoms with van der Waals surface area (Å²) in [4.78, 5) is 3.89. The second-order valence-corrected chi connectivity index (χ2v) is 3.77. The van der Waals surface area contributed by atoms with Crippen LogP contribution in [0.1, 0.15) is 24.6 Å². The Morgan fingerprint density at radius 3 is 2.87 bits per heavy atom. The van der Waals surface area contributed by atoms with Gasteiger partial charge in [0.1, 0.15) is 17.6 Å². The number of pyridine rings is 1. The molecule has 0 aromatic carbocycles. The van der Waals surface area contributed by atoms with Crippen LogP contribution in [0.4, 0.5) is 4.39 Å². The van der Waals surface area contributed by atoms with E-state index in [1.165, 1.54) is 18.3 Å². The van der Waals surface area contributed by atoms with Gasteiger partial charge in [0.2, 0.25) is 0 Å². The molecular weight excluding hydrogens is 197 g/mol. The molecule has 1 aromatic rings. The lowest BCUT2D eigenvalue weighted by atomic mass is 9.91. The zero-order valence-electron chi connectivity index (χ0n) is 8.40. The maximum atomic E-state index is 13.3. The Morgan fingerprint density at radius 1 is 1.47 bits per heavy atom. The number of ether oxygens (including phenoxy) is 1. The van der Waals surface area contributed by atoms with Crippen molar-refractivity contribution in [1.29, 1.82) is 0 Å². The predicted molar refractivity (Wildman–Crippen MR) is 52.7 cm³/mol. The minimum atomic E-state index is -0.810. The first-order valence-corrected chi connectivity index (χ1v) is 5.15. The monoisotopic (exact) mass is 211 g/mol. The third-order valence-corrected chi connectivity index (χ3v) is 2.78. The summed E-state index contributed by atoms with van der Waals surface area (Å²) in [6.45, 7) is 1.27. The molecule has 1 N–H and O–H groups in total. The molecule has 1 atom stereocenters. The lowest BCUT2D eigenvalue weighted by molar-refractivity contribution is 0.00415. The van der Waals surface area contributed by atoms with Crippen LogP contribution in [-0.2, 0) is 4.74 Å². The molecule has 2 heterocycles. The fourth-order valence-corrected chi connectivity index (χ4v) is 1.87. The predicted octanol–water partition coefficient (Wildman–Crippen LogP) is 1.68. The van der Waals surface area contributed by atoms with E-state index in [2.05, 4.69) is 4.98 Å². The number of nitrogens with zero attached hydrogens (tertiary/aromatic N) is 1. The third kappa shape index (κ3) is 2.33. The molecule has 1 aliphatic rings. The minimum absolute atomic E-state index is 0.0585. The number of aliphatic hydroxyl groups excluding tert-OH is 1. The maximum absolute atomic E-state index is 13.3. The Hall–Kier alpha value is -1.00. The zero-order chi connectivity index (χ0) is 10.7. The van der Waals surface area contributed by atoms with Gasteiger partial charge in [-0.3, -0.25) is 4.98 Å². The van der Waals surface area contributed by atoms with Gasteiger partial charge in [-0.15, -0.1) is 0 Å². The van der Waals surface area contributed by atoms with Crippen molar-refractivity contribution in [2.24, 2.45) is 5.92 Å². The van der Waals surface area contributed by atoms with Crippen LogP contribution in [0.2, 0.25) is 0 Å². The largest absolute Gasteiger partial charge is 0.386 e. The molecule has 15 heavy (non-hydrogen) atoms. The fraction of sp³-hybridized carbons (Fsp3) is 0.545. The van der Waals surface area contributed by atoms with Gasteiger partial charge in [0.25, 0.3) is 0 Å². The zero-order valence-corrected chi connectivity index (χ0v) is 8.40. The molecular formula is C11H14FNO2. The average Bonchev–Trinajstić information content (AvgIpc) is 2.30. The molecule has 1 aliphatic heterocycles. The van der Waals surface area contributed by atoms with Gasteiger partial charge in [0.05, 0.1) is 0 Å². The normalized spacial score (nSPS) is 20.1. The number of hydrogen-bond acceptors (Lipinski definition) is 3. The molecule has 0 amide bonds. The highest BCUT2D eigenvalue weighted by atomic mass is 19.1. The van der Waals surface area contributed by atoms with Gasteiger partial charge < -0.3 is 9.84 Å². The van der Waals surface area contributed by atoms with Crippen molar-refractivity contribution >= 4 is 0 Å². The Bertz CT molecular complexity index is 326. The van der Waals surface area contributed by atoms with Gasteiger partial charge in [-0.25, -0.2) is 4.39 Å². The highest BCUT2D eigenvalue weighted by Gasteiger charge is 2.26. The summed E-state index contributed by atoms with van der Waals surface area (Å²) >= 11 is 0. The number of hydrogen-bond donors (Lipinski definition) is 1. The molecule has 3 nitrogen and oxygen atoms in total. The van der Waals surface area contributed by atoms with Crippen molar-refractivity contribution in [3.05, 3.63) is 29.8 Å². The standard InChI is InChI=1S/C11H14FNO2/c12-9-2-1-5-13-10(9)11(14)8-3-6-15-7-4-8/h1-2,5,8,11,14H,3-4,6-7H2/t11-/m1/s1. The van der Waals surface area contributed by atoms with Crippen molar-refractivity contribution < 1.29 is 14.2 Å². The first kappa shape index (κ1) is 10.5. The van der Waals surface area contributed by atoms with Crippen molar-refractivity contribution in [1.82, 2.24) is 4.98 Å². The van der Waals surface area contributed by atoms with Crippen LogP contribution < -0.4 is 0 Å².